The van der Waals surface area contributed by atoms with Crippen molar-refractivity contribution in [1.29, 1.82) is 0 Å². The first-order valence-electron chi connectivity index (χ1n) is 11.7. The number of hydrogen-bond donors (Lipinski definition) is 3. The highest BCUT2D eigenvalue weighted by Gasteiger charge is 2.44. The lowest BCUT2D eigenvalue weighted by Gasteiger charge is -2.29. The monoisotopic (exact) mass is 513 g/mol. The van der Waals surface area contributed by atoms with Crippen LogP contribution in [0.1, 0.15) is 27.0 Å². The fraction of sp³-hybridized carbons (Fsp3) is 0.296. The summed E-state index contributed by atoms with van der Waals surface area (Å²) in [7, 11) is 1.79. The van der Waals surface area contributed by atoms with Gasteiger partial charge in [-0.05, 0) is 25.1 Å². The molecular weight excluding hydrogens is 488 g/mol. The van der Waals surface area contributed by atoms with Crippen molar-refractivity contribution >= 4 is 23.2 Å². The molecule has 0 saturated heterocycles. The first-order valence-corrected chi connectivity index (χ1v) is 12.1. The summed E-state index contributed by atoms with van der Waals surface area (Å²) in [5.41, 5.74) is 6.92. The van der Waals surface area contributed by atoms with E-state index in [9.17, 15) is 9.90 Å². The molecule has 3 aromatic rings. The van der Waals surface area contributed by atoms with Crippen molar-refractivity contribution in [2.24, 2.45) is 5.73 Å². The fourth-order valence-electron chi connectivity index (χ4n) is 5.45. The van der Waals surface area contributed by atoms with Crippen LogP contribution in [0.5, 0.6) is 5.75 Å². The number of ether oxygens (including phenoxy) is 1. The summed E-state index contributed by atoms with van der Waals surface area (Å²) in [6.45, 7) is 1.04. The number of aliphatic hydroxyl groups excluding tert-OH is 1. The van der Waals surface area contributed by atoms with Gasteiger partial charge in [0, 0.05) is 60.1 Å². The van der Waals surface area contributed by atoms with Gasteiger partial charge in [-0.1, -0.05) is 41.9 Å². The zero-order valence-electron chi connectivity index (χ0n) is 19.7. The van der Waals surface area contributed by atoms with Crippen LogP contribution in [-0.2, 0) is 18.4 Å². The number of carbonyl (C=O) groups is 1. The van der Waals surface area contributed by atoms with Gasteiger partial charge in [0.15, 0.2) is 5.60 Å². The third kappa shape index (κ3) is 3.80. The lowest BCUT2D eigenvalue weighted by Crippen LogP contribution is -2.41. The van der Waals surface area contributed by atoms with E-state index in [1.54, 1.807) is 11.9 Å². The highest BCUT2D eigenvalue weighted by Crippen LogP contribution is 2.51. The number of amides is 1. The highest BCUT2D eigenvalue weighted by molar-refractivity contribution is 6.34. The SMILES string of the molecule is CNC[C@@]1(c2ccccc2)Cc2c(cc(F)c(Cl)c2-c2c(C(N)=O)cc3c(c2F)CCN3CCO)O1. The molecule has 0 bridgehead atoms. The smallest absolute Gasteiger partial charge is 0.249 e. The summed E-state index contributed by atoms with van der Waals surface area (Å²) in [6.07, 6.45) is 0.639. The molecule has 3 aromatic carbocycles. The number of likely N-dealkylation sites (N-methyl/N-ethyl adjacent to an activating group) is 1. The van der Waals surface area contributed by atoms with E-state index in [2.05, 4.69) is 5.32 Å². The first-order chi connectivity index (χ1) is 17.3. The summed E-state index contributed by atoms with van der Waals surface area (Å²) >= 11 is 6.50. The van der Waals surface area contributed by atoms with E-state index in [1.807, 2.05) is 30.3 Å². The van der Waals surface area contributed by atoms with Crippen LogP contribution in [0.15, 0.2) is 42.5 Å². The number of rotatable bonds is 7. The van der Waals surface area contributed by atoms with E-state index in [0.29, 0.717) is 36.3 Å². The summed E-state index contributed by atoms with van der Waals surface area (Å²) in [5, 5.41) is 12.2. The van der Waals surface area contributed by atoms with E-state index in [-0.39, 0.29) is 47.0 Å². The van der Waals surface area contributed by atoms with Crippen molar-refractivity contribution in [3.63, 3.8) is 0 Å². The first kappa shape index (κ1) is 24.5. The Morgan fingerprint density at radius 2 is 1.97 bits per heavy atom. The Kier molecular flexibility index (Phi) is 6.36. The van der Waals surface area contributed by atoms with E-state index < -0.39 is 23.1 Å². The Balaban J connectivity index is 1.75. The zero-order chi connectivity index (χ0) is 25.6. The maximum absolute atomic E-state index is 16.2. The van der Waals surface area contributed by atoms with Crippen LogP contribution >= 0.6 is 11.6 Å². The van der Waals surface area contributed by atoms with E-state index in [0.717, 1.165) is 5.56 Å². The van der Waals surface area contributed by atoms with Gasteiger partial charge in [-0.25, -0.2) is 8.78 Å². The van der Waals surface area contributed by atoms with E-state index >= 15 is 8.78 Å². The lowest BCUT2D eigenvalue weighted by molar-refractivity contribution is 0.0940. The molecule has 36 heavy (non-hydrogen) atoms. The number of primary amides is 1. The summed E-state index contributed by atoms with van der Waals surface area (Å²) in [4.78, 5) is 14.4. The second-order valence-electron chi connectivity index (χ2n) is 9.13. The molecule has 0 unspecified atom stereocenters. The minimum Gasteiger partial charge on any atom is -0.480 e. The van der Waals surface area contributed by atoms with Gasteiger partial charge in [0.25, 0.3) is 0 Å². The number of carbonyl (C=O) groups excluding carboxylic acids is 1. The zero-order valence-corrected chi connectivity index (χ0v) is 20.5. The van der Waals surface area contributed by atoms with Gasteiger partial charge in [0.1, 0.15) is 17.4 Å². The van der Waals surface area contributed by atoms with Crippen molar-refractivity contribution in [3.05, 3.63) is 81.4 Å². The normalized spacial score (nSPS) is 18.2. The number of benzene rings is 3. The number of fused-ring (bicyclic) bond motifs is 2. The van der Waals surface area contributed by atoms with Gasteiger partial charge < -0.3 is 25.8 Å². The molecule has 0 fully saturated rings. The van der Waals surface area contributed by atoms with Crippen LogP contribution in [0.4, 0.5) is 14.5 Å². The maximum atomic E-state index is 16.2. The molecule has 0 aliphatic carbocycles. The van der Waals surface area contributed by atoms with Crippen LogP contribution in [0, 0.1) is 11.6 Å². The van der Waals surface area contributed by atoms with Crippen molar-refractivity contribution in [3.8, 4) is 16.9 Å². The number of halogens is 3. The van der Waals surface area contributed by atoms with Gasteiger partial charge in [-0.3, -0.25) is 4.79 Å². The number of aliphatic hydroxyl groups is 1. The number of nitrogens with two attached hydrogens (primary N) is 1. The standard InChI is InChI=1S/C27H26ClF2N3O3/c1-32-14-27(15-5-3-2-4-6-15)13-18-21(36-27)12-19(29)24(28)22(18)23-17(26(31)35)11-20-16(25(23)30)7-8-33(20)9-10-34/h2-6,11-12,32,34H,7-10,13-14H2,1H3,(H2,31,35)/t27-/m1/s1. The molecule has 0 saturated carbocycles. The van der Waals surface area contributed by atoms with Crippen LogP contribution in [0.2, 0.25) is 5.02 Å². The topological polar surface area (TPSA) is 87.8 Å². The number of anilines is 1. The van der Waals surface area contributed by atoms with Gasteiger partial charge in [-0.2, -0.15) is 0 Å². The molecule has 5 rings (SSSR count). The Bertz CT molecular complexity index is 1350. The predicted octanol–water partition coefficient (Wildman–Crippen LogP) is 3.79. The third-order valence-corrected chi connectivity index (χ3v) is 7.39. The average Bonchev–Trinajstić information content (AvgIpc) is 3.43. The van der Waals surface area contributed by atoms with Crippen molar-refractivity contribution in [2.45, 2.75) is 18.4 Å². The minimum absolute atomic E-state index is 0.0790. The molecule has 1 amide bonds. The molecule has 9 heteroatoms. The van der Waals surface area contributed by atoms with Crippen LogP contribution in [0.3, 0.4) is 0 Å². The Labute approximate surface area is 212 Å². The summed E-state index contributed by atoms with van der Waals surface area (Å²) in [5.74, 6) is -2.07. The number of hydrogen-bond acceptors (Lipinski definition) is 5. The van der Waals surface area contributed by atoms with Crippen molar-refractivity contribution in [1.82, 2.24) is 5.32 Å². The van der Waals surface area contributed by atoms with Crippen molar-refractivity contribution < 1.29 is 23.4 Å². The highest BCUT2D eigenvalue weighted by atomic mass is 35.5. The quantitative estimate of drug-likeness (QED) is 0.447. The molecule has 2 heterocycles. The van der Waals surface area contributed by atoms with Crippen LogP contribution < -0.4 is 20.7 Å². The molecule has 2 aliphatic rings. The van der Waals surface area contributed by atoms with Gasteiger partial charge in [-0.15, -0.1) is 0 Å². The molecule has 0 radical (unpaired) electrons. The molecular formula is C27H26ClF2N3O3. The molecule has 188 valence electrons. The Morgan fingerprint density at radius 3 is 2.64 bits per heavy atom. The predicted molar refractivity (Wildman–Crippen MR) is 135 cm³/mol. The number of nitrogens with zero attached hydrogens (tertiary/aromatic N) is 1. The van der Waals surface area contributed by atoms with Gasteiger partial charge in [0.2, 0.25) is 5.91 Å². The third-order valence-electron chi connectivity index (χ3n) is 7.02. The molecule has 0 aromatic heterocycles. The molecule has 0 spiro atoms. The second kappa shape index (κ2) is 9.35. The largest absolute Gasteiger partial charge is 0.480 e. The van der Waals surface area contributed by atoms with Crippen molar-refractivity contribution in [2.75, 3.05) is 38.2 Å². The van der Waals surface area contributed by atoms with Crippen LogP contribution in [-0.4, -0.2) is 44.3 Å². The molecule has 1 atom stereocenters. The minimum atomic E-state index is -0.887. The molecule has 6 nitrogen and oxygen atoms in total. The summed E-state index contributed by atoms with van der Waals surface area (Å²) < 4.78 is 37.7. The fourth-order valence-corrected chi connectivity index (χ4v) is 5.71. The van der Waals surface area contributed by atoms with E-state index in [4.69, 9.17) is 22.1 Å². The van der Waals surface area contributed by atoms with Gasteiger partial charge in [0.05, 0.1) is 17.2 Å². The Hall–Kier alpha value is -3.20. The number of β-amino-alcohol motifs (C(OH)–C–C–N with tert-alkyl or cyclic N) is 1. The molecule has 2 aliphatic heterocycles. The molecule has 4 N–H and O–H groups in total. The van der Waals surface area contributed by atoms with Gasteiger partial charge >= 0.3 is 0 Å². The second-order valence-corrected chi connectivity index (χ2v) is 9.51. The Morgan fingerprint density at radius 1 is 1.22 bits per heavy atom. The number of nitrogens with one attached hydrogen (secondary N) is 1. The van der Waals surface area contributed by atoms with E-state index in [1.165, 1.54) is 12.1 Å². The summed E-state index contributed by atoms with van der Waals surface area (Å²) in [6, 6.07) is 12.2. The maximum Gasteiger partial charge on any atom is 0.249 e. The van der Waals surface area contributed by atoms with Crippen LogP contribution in [0.25, 0.3) is 11.1 Å². The lowest BCUT2D eigenvalue weighted by atomic mass is 9.84. The average molecular weight is 514 g/mol.